The largest absolute Gasteiger partial charge is 0.456 e. The van der Waals surface area contributed by atoms with Gasteiger partial charge in [-0.3, -0.25) is 0 Å². The van der Waals surface area contributed by atoms with E-state index in [0.29, 0.717) is 0 Å². The van der Waals surface area contributed by atoms with Crippen LogP contribution in [0.2, 0.25) is 0 Å². The Hall–Kier alpha value is -6.38. The van der Waals surface area contributed by atoms with Crippen LogP contribution in [0.4, 0.5) is 0 Å². The van der Waals surface area contributed by atoms with Crippen LogP contribution in [0.1, 0.15) is 0 Å². The van der Waals surface area contributed by atoms with E-state index in [4.69, 9.17) is 8.83 Å². The van der Waals surface area contributed by atoms with Gasteiger partial charge in [0.2, 0.25) is 0 Å². The van der Waals surface area contributed by atoms with Gasteiger partial charge in [0.25, 0.3) is 0 Å². The van der Waals surface area contributed by atoms with Crippen LogP contribution in [0.5, 0.6) is 0 Å². The van der Waals surface area contributed by atoms with Crippen molar-refractivity contribution in [3.8, 4) is 44.7 Å². The molecule has 0 radical (unpaired) electrons. The molecule has 0 saturated carbocycles. The number of benzene rings is 8. The maximum Gasteiger partial charge on any atom is 0.136 e. The second-order valence-electron chi connectivity index (χ2n) is 12.4. The van der Waals surface area contributed by atoms with Gasteiger partial charge in [-0.15, -0.1) is 0 Å². The first-order valence-corrected chi connectivity index (χ1v) is 16.3. The van der Waals surface area contributed by atoms with E-state index in [1.165, 1.54) is 43.8 Å². The lowest BCUT2D eigenvalue weighted by Crippen LogP contribution is -1.91. The van der Waals surface area contributed by atoms with Crippen LogP contribution in [0.3, 0.4) is 0 Å². The Balaban J connectivity index is 1.26. The SMILES string of the molecule is c1ccc(-c2ccc3c(c2)oc2cccc(-c4c5ccccc5c(-c5cccc6oc(-c7ccccc7)cc56)c5ccccc45)c23)cc1. The maximum absolute atomic E-state index is 6.57. The van der Waals surface area contributed by atoms with Gasteiger partial charge < -0.3 is 8.83 Å². The van der Waals surface area contributed by atoms with Crippen LogP contribution in [0.25, 0.3) is 99.2 Å². The molecule has 2 aromatic heterocycles. The van der Waals surface area contributed by atoms with Crippen LogP contribution in [0, 0.1) is 0 Å². The third kappa shape index (κ3) is 4.06. The molecule has 0 N–H and O–H groups in total. The van der Waals surface area contributed by atoms with Gasteiger partial charge >= 0.3 is 0 Å². The summed E-state index contributed by atoms with van der Waals surface area (Å²) in [5, 5.41) is 8.19. The Morgan fingerprint density at radius 3 is 1.52 bits per heavy atom. The molecule has 2 heterocycles. The fourth-order valence-electron chi connectivity index (χ4n) is 7.58. The lowest BCUT2D eigenvalue weighted by Gasteiger charge is -2.18. The first kappa shape index (κ1) is 26.8. The number of furan rings is 2. The summed E-state index contributed by atoms with van der Waals surface area (Å²) in [6.07, 6.45) is 0. The summed E-state index contributed by atoms with van der Waals surface area (Å²) < 4.78 is 13.0. The van der Waals surface area contributed by atoms with Crippen LogP contribution in [-0.2, 0) is 0 Å². The molecule has 0 aliphatic rings. The van der Waals surface area contributed by atoms with Gasteiger partial charge in [-0.1, -0.05) is 140 Å². The van der Waals surface area contributed by atoms with E-state index in [-0.39, 0.29) is 0 Å². The third-order valence-electron chi connectivity index (χ3n) is 9.69. The van der Waals surface area contributed by atoms with Crippen LogP contribution < -0.4 is 0 Å². The van der Waals surface area contributed by atoms with Gasteiger partial charge in [0, 0.05) is 21.7 Å². The predicted molar refractivity (Wildman–Crippen MR) is 200 cm³/mol. The molecule has 0 spiro atoms. The highest BCUT2D eigenvalue weighted by Crippen LogP contribution is 2.48. The average Bonchev–Trinajstić information content (AvgIpc) is 3.76. The summed E-state index contributed by atoms with van der Waals surface area (Å²) in [4.78, 5) is 0. The van der Waals surface area contributed by atoms with Crippen molar-refractivity contribution in [1.82, 2.24) is 0 Å². The molecule has 0 fully saturated rings. The minimum atomic E-state index is 0.872. The van der Waals surface area contributed by atoms with E-state index >= 15 is 0 Å². The number of rotatable bonds is 4. The normalized spacial score (nSPS) is 11.8. The fourth-order valence-corrected chi connectivity index (χ4v) is 7.58. The van der Waals surface area contributed by atoms with Crippen molar-refractivity contribution in [2.24, 2.45) is 0 Å². The van der Waals surface area contributed by atoms with E-state index in [1.54, 1.807) is 0 Å². The summed E-state index contributed by atoms with van der Waals surface area (Å²) in [5.74, 6) is 0.872. The minimum Gasteiger partial charge on any atom is -0.456 e. The van der Waals surface area contributed by atoms with E-state index in [2.05, 4.69) is 158 Å². The second-order valence-corrected chi connectivity index (χ2v) is 12.4. The molecule has 10 aromatic rings. The van der Waals surface area contributed by atoms with Crippen molar-refractivity contribution in [2.75, 3.05) is 0 Å². The molecular weight excluding hydrogens is 585 g/mol. The summed E-state index contributed by atoms with van der Waals surface area (Å²) in [6, 6.07) is 60.1. The molecule has 0 unspecified atom stereocenters. The molecule has 2 heteroatoms. The Kier molecular flexibility index (Phi) is 5.91. The van der Waals surface area contributed by atoms with Crippen LogP contribution in [-0.4, -0.2) is 0 Å². The molecule has 0 atom stereocenters. The average molecular weight is 613 g/mol. The van der Waals surface area contributed by atoms with E-state index in [1.807, 2.05) is 12.1 Å². The van der Waals surface area contributed by atoms with Gasteiger partial charge in [0.05, 0.1) is 0 Å². The highest BCUT2D eigenvalue weighted by Gasteiger charge is 2.22. The quantitative estimate of drug-likeness (QED) is 0.185. The molecule has 224 valence electrons. The standard InChI is InChI=1S/C46H28O2/c1-3-13-29(14-4-1)31-25-26-37-43(27-31)48-41-24-12-22-38(46(37)41)45-34-19-9-7-17-32(34)44(33-18-8-10-20-35(33)45)36-21-11-23-40-39(36)28-42(47-40)30-15-5-2-6-16-30/h1-28H. The first-order valence-electron chi connectivity index (χ1n) is 16.3. The zero-order chi connectivity index (χ0) is 31.6. The van der Waals surface area contributed by atoms with Gasteiger partial charge in [0.1, 0.15) is 22.5 Å². The third-order valence-corrected chi connectivity index (χ3v) is 9.69. The molecule has 0 aliphatic heterocycles. The van der Waals surface area contributed by atoms with E-state index in [9.17, 15) is 0 Å². The molecule has 0 amide bonds. The Bertz CT molecular complexity index is 2760. The summed E-state index contributed by atoms with van der Waals surface area (Å²) in [7, 11) is 0. The molecular formula is C46H28O2. The highest BCUT2D eigenvalue weighted by molar-refractivity contribution is 6.27. The highest BCUT2D eigenvalue weighted by atomic mass is 16.3. The molecule has 0 saturated heterocycles. The van der Waals surface area contributed by atoms with Gasteiger partial charge in [-0.2, -0.15) is 0 Å². The second kappa shape index (κ2) is 10.6. The van der Waals surface area contributed by atoms with Crippen molar-refractivity contribution in [3.05, 3.63) is 170 Å². The van der Waals surface area contributed by atoms with Gasteiger partial charge in [-0.05, 0) is 85.3 Å². The lowest BCUT2D eigenvalue weighted by molar-refractivity contribution is 0.631. The molecule has 0 bridgehead atoms. The Labute approximate surface area is 277 Å². The number of hydrogen-bond donors (Lipinski definition) is 0. The molecule has 8 aromatic carbocycles. The topological polar surface area (TPSA) is 26.3 Å². The molecule has 0 aliphatic carbocycles. The van der Waals surface area contributed by atoms with Crippen molar-refractivity contribution in [2.45, 2.75) is 0 Å². The zero-order valence-corrected chi connectivity index (χ0v) is 26.0. The first-order chi connectivity index (χ1) is 23.8. The van der Waals surface area contributed by atoms with Crippen molar-refractivity contribution in [3.63, 3.8) is 0 Å². The Morgan fingerprint density at radius 2 is 0.854 bits per heavy atom. The number of hydrogen-bond acceptors (Lipinski definition) is 2. The monoisotopic (exact) mass is 612 g/mol. The summed E-state index contributed by atoms with van der Waals surface area (Å²) in [6.45, 7) is 0. The Morgan fingerprint density at radius 1 is 0.292 bits per heavy atom. The van der Waals surface area contributed by atoms with Gasteiger partial charge in [0.15, 0.2) is 0 Å². The molecule has 10 rings (SSSR count). The lowest BCUT2D eigenvalue weighted by atomic mass is 9.84. The fraction of sp³-hybridized carbons (Fsp3) is 0. The molecule has 2 nitrogen and oxygen atoms in total. The van der Waals surface area contributed by atoms with E-state index < -0.39 is 0 Å². The van der Waals surface area contributed by atoms with Gasteiger partial charge in [-0.25, -0.2) is 0 Å². The minimum absolute atomic E-state index is 0.872. The van der Waals surface area contributed by atoms with Crippen molar-refractivity contribution >= 4 is 54.5 Å². The zero-order valence-electron chi connectivity index (χ0n) is 26.0. The van der Waals surface area contributed by atoms with Crippen molar-refractivity contribution in [1.29, 1.82) is 0 Å². The van der Waals surface area contributed by atoms with E-state index in [0.717, 1.165) is 55.4 Å². The predicted octanol–water partition coefficient (Wildman–Crippen LogP) is 13.3. The molecule has 48 heavy (non-hydrogen) atoms. The van der Waals surface area contributed by atoms with Crippen LogP contribution >= 0.6 is 0 Å². The summed E-state index contributed by atoms with van der Waals surface area (Å²) >= 11 is 0. The number of fused-ring (bicyclic) bond motifs is 6. The van der Waals surface area contributed by atoms with Crippen molar-refractivity contribution < 1.29 is 8.83 Å². The maximum atomic E-state index is 6.57. The smallest absolute Gasteiger partial charge is 0.136 e. The summed E-state index contributed by atoms with van der Waals surface area (Å²) in [5.41, 5.74) is 10.8. The van der Waals surface area contributed by atoms with Crippen LogP contribution in [0.15, 0.2) is 179 Å².